The van der Waals surface area contributed by atoms with Gasteiger partial charge in [-0.2, -0.15) is 0 Å². The Bertz CT molecular complexity index is 385. The highest BCUT2D eigenvalue weighted by Crippen LogP contribution is 2.31. The second kappa shape index (κ2) is 5.87. The van der Waals surface area contributed by atoms with Crippen molar-refractivity contribution in [1.82, 2.24) is 0 Å². The van der Waals surface area contributed by atoms with E-state index in [0.717, 1.165) is 32.1 Å². The smallest absolute Gasteiger partial charge is 0.412 e. The number of hydrogen-bond donors (Lipinski definition) is 2. The number of amides is 1. The number of hydrogen-bond acceptors (Lipinski definition) is 3. The Labute approximate surface area is 107 Å². The fourth-order valence-corrected chi connectivity index (χ4v) is 2.35. The molecule has 1 fully saturated rings. The highest BCUT2D eigenvalue weighted by molar-refractivity contribution is 5.84. The predicted octanol–water partition coefficient (Wildman–Crippen LogP) is 2.93. The van der Waals surface area contributed by atoms with Crippen LogP contribution in [0.5, 0.6) is 0 Å². The number of anilines is 1. The summed E-state index contributed by atoms with van der Waals surface area (Å²) in [5.41, 5.74) is 0.0170. The number of rotatable bonds is 3. The molecule has 1 aromatic carbocycles. The molecule has 0 aromatic heterocycles. The van der Waals surface area contributed by atoms with Crippen molar-refractivity contribution < 1.29 is 14.6 Å². The second-order valence-corrected chi connectivity index (χ2v) is 4.78. The molecule has 1 saturated carbocycles. The molecule has 1 amide bonds. The minimum atomic E-state index is -0.683. The van der Waals surface area contributed by atoms with Crippen LogP contribution in [0.3, 0.4) is 0 Å². The van der Waals surface area contributed by atoms with Crippen molar-refractivity contribution in [1.29, 1.82) is 0 Å². The maximum atomic E-state index is 11.8. The minimum Gasteiger partial charge on any atom is -0.440 e. The lowest BCUT2D eigenvalue weighted by Crippen LogP contribution is -2.42. The SMILES string of the molecule is O=C(Nc1ccccc1)OC1(CO)CCCCC1. The van der Waals surface area contributed by atoms with Crippen LogP contribution in [0, 0.1) is 0 Å². The van der Waals surface area contributed by atoms with Crippen molar-refractivity contribution in [3.8, 4) is 0 Å². The van der Waals surface area contributed by atoms with Crippen LogP contribution in [-0.2, 0) is 4.74 Å². The Morgan fingerprint density at radius 1 is 1.22 bits per heavy atom. The van der Waals surface area contributed by atoms with Crippen LogP contribution in [0.1, 0.15) is 32.1 Å². The van der Waals surface area contributed by atoms with Crippen LogP contribution in [0.15, 0.2) is 30.3 Å². The van der Waals surface area contributed by atoms with E-state index in [9.17, 15) is 9.90 Å². The van der Waals surface area contributed by atoms with E-state index in [2.05, 4.69) is 5.32 Å². The van der Waals surface area contributed by atoms with Gasteiger partial charge in [0.05, 0.1) is 6.61 Å². The lowest BCUT2D eigenvalue weighted by atomic mass is 9.85. The molecule has 18 heavy (non-hydrogen) atoms. The summed E-state index contributed by atoms with van der Waals surface area (Å²) in [5.74, 6) is 0. The maximum absolute atomic E-state index is 11.8. The molecular formula is C14H19NO3. The fourth-order valence-electron chi connectivity index (χ4n) is 2.35. The average Bonchev–Trinajstić information content (AvgIpc) is 2.41. The number of nitrogens with one attached hydrogen (secondary N) is 1. The fraction of sp³-hybridized carbons (Fsp3) is 0.500. The van der Waals surface area contributed by atoms with Crippen molar-refractivity contribution in [2.45, 2.75) is 37.7 Å². The van der Waals surface area contributed by atoms with Crippen LogP contribution < -0.4 is 5.32 Å². The summed E-state index contributed by atoms with van der Waals surface area (Å²) in [7, 11) is 0. The van der Waals surface area contributed by atoms with E-state index in [-0.39, 0.29) is 6.61 Å². The quantitative estimate of drug-likeness (QED) is 0.866. The normalized spacial score (nSPS) is 18.1. The highest BCUT2D eigenvalue weighted by Gasteiger charge is 2.35. The zero-order valence-corrected chi connectivity index (χ0v) is 10.4. The number of benzene rings is 1. The van der Waals surface area contributed by atoms with E-state index in [4.69, 9.17) is 4.74 Å². The second-order valence-electron chi connectivity index (χ2n) is 4.78. The molecule has 4 heteroatoms. The lowest BCUT2D eigenvalue weighted by Gasteiger charge is -2.34. The van der Waals surface area contributed by atoms with Crippen molar-refractivity contribution >= 4 is 11.8 Å². The standard InChI is InChI=1S/C14H19NO3/c16-11-14(9-5-2-6-10-14)18-13(17)15-12-7-3-1-4-8-12/h1,3-4,7-8,16H,2,5-6,9-11H2,(H,15,17). The van der Waals surface area contributed by atoms with E-state index < -0.39 is 11.7 Å². The number of aliphatic hydroxyl groups is 1. The van der Waals surface area contributed by atoms with Gasteiger partial charge in [-0.1, -0.05) is 24.6 Å². The molecule has 0 aliphatic heterocycles. The maximum Gasteiger partial charge on any atom is 0.412 e. The largest absolute Gasteiger partial charge is 0.440 e. The van der Waals surface area contributed by atoms with Gasteiger partial charge in [-0.05, 0) is 37.8 Å². The summed E-state index contributed by atoms with van der Waals surface area (Å²) in [6, 6.07) is 9.17. The summed E-state index contributed by atoms with van der Waals surface area (Å²) in [5, 5.41) is 12.1. The zero-order valence-electron chi connectivity index (χ0n) is 10.4. The van der Waals surface area contributed by atoms with Gasteiger partial charge in [0.25, 0.3) is 0 Å². The summed E-state index contributed by atoms with van der Waals surface area (Å²) in [4.78, 5) is 11.8. The van der Waals surface area contributed by atoms with Crippen LogP contribution in [0.2, 0.25) is 0 Å². The molecule has 0 bridgehead atoms. The Balaban J connectivity index is 1.93. The van der Waals surface area contributed by atoms with Crippen molar-refractivity contribution in [3.63, 3.8) is 0 Å². The van der Waals surface area contributed by atoms with Crippen LogP contribution in [-0.4, -0.2) is 23.4 Å². The molecule has 2 N–H and O–H groups in total. The average molecular weight is 249 g/mol. The Morgan fingerprint density at radius 2 is 1.89 bits per heavy atom. The molecule has 98 valence electrons. The molecule has 1 aliphatic carbocycles. The lowest BCUT2D eigenvalue weighted by molar-refractivity contribution is -0.0486. The molecule has 0 atom stereocenters. The van der Waals surface area contributed by atoms with E-state index in [1.165, 1.54) is 0 Å². The Kier molecular flexibility index (Phi) is 4.20. The molecule has 0 saturated heterocycles. The monoisotopic (exact) mass is 249 g/mol. The third-order valence-electron chi connectivity index (χ3n) is 3.38. The van der Waals surface area contributed by atoms with E-state index in [0.29, 0.717) is 5.69 Å². The predicted molar refractivity (Wildman–Crippen MR) is 69.4 cm³/mol. The zero-order chi connectivity index (χ0) is 12.8. The first-order chi connectivity index (χ1) is 8.74. The molecular weight excluding hydrogens is 230 g/mol. The number of carbonyl (C=O) groups is 1. The summed E-state index contributed by atoms with van der Waals surface area (Å²) in [6.45, 7) is -0.102. The van der Waals surface area contributed by atoms with Crippen LogP contribution >= 0.6 is 0 Å². The topological polar surface area (TPSA) is 58.6 Å². The first kappa shape index (κ1) is 12.9. The Hall–Kier alpha value is -1.55. The van der Waals surface area contributed by atoms with Gasteiger partial charge < -0.3 is 9.84 Å². The molecule has 0 unspecified atom stereocenters. The van der Waals surface area contributed by atoms with Gasteiger partial charge in [0, 0.05) is 5.69 Å². The molecule has 0 heterocycles. The summed E-state index contributed by atoms with van der Waals surface area (Å²) < 4.78 is 5.43. The molecule has 0 spiro atoms. The molecule has 1 aromatic rings. The van der Waals surface area contributed by atoms with Gasteiger partial charge in [-0.15, -0.1) is 0 Å². The third kappa shape index (κ3) is 3.23. The van der Waals surface area contributed by atoms with Gasteiger partial charge in [0.15, 0.2) is 0 Å². The molecule has 4 nitrogen and oxygen atoms in total. The number of carbonyl (C=O) groups excluding carboxylic acids is 1. The Morgan fingerprint density at radius 3 is 2.50 bits per heavy atom. The number of ether oxygens (including phenoxy) is 1. The first-order valence-electron chi connectivity index (χ1n) is 6.40. The summed E-state index contributed by atoms with van der Waals surface area (Å²) in [6.07, 6.45) is 4.14. The number of para-hydroxylation sites is 1. The minimum absolute atomic E-state index is 0.102. The molecule has 1 aliphatic rings. The summed E-state index contributed by atoms with van der Waals surface area (Å²) >= 11 is 0. The van der Waals surface area contributed by atoms with Crippen molar-refractivity contribution in [3.05, 3.63) is 30.3 Å². The molecule has 0 radical (unpaired) electrons. The number of aliphatic hydroxyl groups excluding tert-OH is 1. The first-order valence-corrected chi connectivity index (χ1v) is 6.40. The van der Waals surface area contributed by atoms with Gasteiger partial charge in [-0.25, -0.2) is 4.79 Å². The third-order valence-corrected chi connectivity index (χ3v) is 3.38. The van der Waals surface area contributed by atoms with Gasteiger partial charge in [-0.3, -0.25) is 5.32 Å². The van der Waals surface area contributed by atoms with Crippen LogP contribution in [0.4, 0.5) is 10.5 Å². The van der Waals surface area contributed by atoms with Crippen molar-refractivity contribution in [2.24, 2.45) is 0 Å². The van der Waals surface area contributed by atoms with E-state index >= 15 is 0 Å². The van der Waals surface area contributed by atoms with Gasteiger partial charge in [0.1, 0.15) is 5.60 Å². The van der Waals surface area contributed by atoms with Crippen molar-refractivity contribution in [2.75, 3.05) is 11.9 Å². The van der Waals surface area contributed by atoms with Gasteiger partial charge in [0.2, 0.25) is 0 Å². The highest BCUT2D eigenvalue weighted by atomic mass is 16.6. The van der Waals surface area contributed by atoms with E-state index in [1.54, 1.807) is 12.1 Å². The van der Waals surface area contributed by atoms with Gasteiger partial charge >= 0.3 is 6.09 Å². The van der Waals surface area contributed by atoms with E-state index in [1.807, 2.05) is 18.2 Å². The molecule has 2 rings (SSSR count). The van der Waals surface area contributed by atoms with Crippen LogP contribution in [0.25, 0.3) is 0 Å².